The second-order valence-corrected chi connectivity index (χ2v) is 8.06. The molecule has 0 bridgehead atoms. The third kappa shape index (κ3) is 5.53. The Morgan fingerprint density at radius 2 is 1.57 bits per heavy atom. The average molecular weight is 411 g/mol. The summed E-state index contributed by atoms with van der Waals surface area (Å²) < 4.78 is 11.3. The van der Waals surface area contributed by atoms with E-state index in [9.17, 15) is 9.59 Å². The molecule has 1 heterocycles. The maximum atomic E-state index is 12.9. The van der Waals surface area contributed by atoms with Gasteiger partial charge >= 0.3 is 0 Å². The first-order chi connectivity index (χ1) is 14.3. The lowest BCUT2D eigenvalue weighted by Crippen LogP contribution is -2.36. The smallest absolute Gasteiger partial charge is 0.222 e. The molecule has 2 atom stereocenters. The first-order valence-electron chi connectivity index (χ1n) is 10.4. The first kappa shape index (κ1) is 21.7. The Bertz CT molecular complexity index is 893. The summed E-state index contributed by atoms with van der Waals surface area (Å²) in [6.45, 7) is 8.65. The summed E-state index contributed by atoms with van der Waals surface area (Å²) in [6.07, 6.45) is 0.163. The van der Waals surface area contributed by atoms with Crippen LogP contribution in [0.2, 0.25) is 0 Å². The third-order valence-electron chi connectivity index (χ3n) is 5.16. The standard InChI is InChI=1S/C24H30N2O4/c1-15(2)24(19-9-10-21-22(13-19)30-12-11-29-21)26-23(28)14-20(25-17(4)27)18-7-5-16(3)6-8-18/h5-10,13,15,20,24H,11-12,14H2,1-4H3,(H,25,27)(H,26,28). The average Bonchev–Trinajstić information content (AvgIpc) is 2.71. The summed E-state index contributed by atoms with van der Waals surface area (Å²) in [4.78, 5) is 24.6. The van der Waals surface area contributed by atoms with Crippen LogP contribution >= 0.6 is 0 Å². The lowest BCUT2D eigenvalue weighted by Gasteiger charge is -2.26. The predicted octanol–water partition coefficient (Wildman–Crippen LogP) is 3.85. The lowest BCUT2D eigenvalue weighted by atomic mass is 9.94. The number of aryl methyl sites for hydroxylation is 1. The van der Waals surface area contributed by atoms with Crippen molar-refractivity contribution >= 4 is 11.8 Å². The van der Waals surface area contributed by atoms with Crippen molar-refractivity contribution in [3.8, 4) is 11.5 Å². The Labute approximate surface area is 178 Å². The van der Waals surface area contributed by atoms with Gasteiger partial charge in [-0.05, 0) is 36.1 Å². The maximum absolute atomic E-state index is 12.9. The summed E-state index contributed by atoms with van der Waals surface area (Å²) in [5.41, 5.74) is 3.00. The molecule has 0 radical (unpaired) electrons. The summed E-state index contributed by atoms with van der Waals surface area (Å²) in [7, 11) is 0. The number of carbonyl (C=O) groups excluding carboxylic acids is 2. The molecule has 0 fully saturated rings. The van der Waals surface area contributed by atoms with Crippen LogP contribution in [-0.4, -0.2) is 25.0 Å². The molecule has 160 valence electrons. The summed E-state index contributed by atoms with van der Waals surface area (Å²) >= 11 is 0. The molecule has 0 aromatic heterocycles. The van der Waals surface area contributed by atoms with Crippen molar-refractivity contribution in [3.63, 3.8) is 0 Å². The van der Waals surface area contributed by atoms with Gasteiger partial charge in [-0.3, -0.25) is 9.59 Å². The molecule has 2 unspecified atom stereocenters. The lowest BCUT2D eigenvalue weighted by molar-refractivity contribution is -0.123. The number of hydrogen-bond acceptors (Lipinski definition) is 4. The SMILES string of the molecule is CC(=O)NC(CC(=O)NC(c1ccc2c(c1)OCCO2)C(C)C)c1ccc(C)cc1. The van der Waals surface area contributed by atoms with Gasteiger partial charge in [-0.2, -0.15) is 0 Å². The van der Waals surface area contributed by atoms with Crippen molar-refractivity contribution in [2.24, 2.45) is 5.92 Å². The highest BCUT2D eigenvalue weighted by Crippen LogP contribution is 2.34. The van der Waals surface area contributed by atoms with Crippen LogP contribution in [0.3, 0.4) is 0 Å². The number of amides is 2. The highest BCUT2D eigenvalue weighted by atomic mass is 16.6. The van der Waals surface area contributed by atoms with Crippen LogP contribution in [0.15, 0.2) is 42.5 Å². The summed E-state index contributed by atoms with van der Waals surface area (Å²) in [5.74, 6) is 1.32. The van der Waals surface area contributed by atoms with E-state index in [0.29, 0.717) is 19.0 Å². The van der Waals surface area contributed by atoms with Gasteiger partial charge < -0.3 is 20.1 Å². The van der Waals surface area contributed by atoms with E-state index in [1.807, 2.05) is 49.4 Å². The van der Waals surface area contributed by atoms with Crippen LogP contribution in [0.4, 0.5) is 0 Å². The Balaban J connectivity index is 1.75. The van der Waals surface area contributed by atoms with E-state index in [1.54, 1.807) is 0 Å². The molecule has 2 aromatic carbocycles. The normalized spacial score (nSPS) is 14.7. The molecule has 0 aliphatic carbocycles. The second kappa shape index (κ2) is 9.65. The van der Waals surface area contributed by atoms with E-state index in [-0.39, 0.29) is 36.2 Å². The highest BCUT2D eigenvalue weighted by molar-refractivity contribution is 5.79. The molecule has 1 aliphatic rings. The second-order valence-electron chi connectivity index (χ2n) is 8.06. The van der Waals surface area contributed by atoms with Gasteiger partial charge in [-0.1, -0.05) is 49.7 Å². The molecule has 30 heavy (non-hydrogen) atoms. The van der Waals surface area contributed by atoms with Gasteiger partial charge in [0.05, 0.1) is 18.5 Å². The Morgan fingerprint density at radius 1 is 0.933 bits per heavy atom. The highest BCUT2D eigenvalue weighted by Gasteiger charge is 2.24. The van der Waals surface area contributed by atoms with Crippen LogP contribution < -0.4 is 20.1 Å². The fraction of sp³-hybridized carbons (Fsp3) is 0.417. The van der Waals surface area contributed by atoms with Crippen LogP contribution in [-0.2, 0) is 9.59 Å². The zero-order valence-corrected chi connectivity index (χ0v) is 18.0. The van der Waals surface area contributed by atoms with Crippen LogP contribution in [0, 0.1) is 12.8 Å². The van der Waals surface area contributed by atoms with Gasteiger partial charge in [0, 0.05) is 6.92 Å². The Kier molecular flexibility index (Phi) is 6.98. The van der Waals surface area contributed by atoms with Crippen LogP contribution in [0.1, 0.15) is 56.0 Å². The Hall–Kier alpha value is -3.02. The molecule has 6 nitrogen and oxygen atoms in total. The summed E-state index contributed by atoms with van der Waals surface area (Å²) in [5, 5.41) is 6.03. The fourth-order valence-corrected chi connectivity index (χ4v) is 3.60. The zero-order chi connectivity index (χ0) is 21.7. The zero-order valence-electron chi connectivity index (χ0n) is 18.0. The fourth-order valence-electron chi connectivity index (χ4n) is 3.60. The van der Waals surface area contributed by atoms with Crippen molar-refractivity contribution < 1.29 is 19.1 Å². The number of benzene rings is 2. The molecule has 2 N–H and O–H groups in total. The van der Waals surface area contributed by atoms with Gasteiger partial charge in [0.1, 0.15) is 13.2 Å². The molecular weight excluding hydrogens is 380 g/mol. The number of ether oxygens (including phenoxy) is 2. The molecule has 1 aliphatic heterocycles. The van der Waals surface area contributed by atoms with Crippen molar-refractivity contribution in [3.05, 3.63) is 59.2 Å². The molecular formula is C24H30N2O4. The number of nitrogens with one attached hydrogen (secondary N) is 2. The van der Waals surface area contributed by atoms with Gasteiger partial charge in [-0.25, -0.2) is 0 Å². The minimum absolute atomic E-state index is 0.122. The van der Waals surface area contributed by atoms with Crippen molar-refractivity contribution in [2.45, 2.75) is 46.2 Å². The third-order valence-corrected chi connectivity index (χ3v) is 5.16. The summed E-state index contributed by atoms with van der Waals surface area (Å²) in [6, 6.07) is 13.1. The minimum Gasteiger partial charge on any atom is -0.486 e. The number of hydrogen-bond donors (Lipinski definition) is 2. The number of rotatable bonds is 7. The van der Waals surface area contributed by atoms with E-state index in [2.05, 4.69) is 24.5 Å². The quantitative estimate of drug-likeness (QED) is 0.727. The largest absolute Gasteiger partial charge is 0.486 e. The van der Waals surface area contributed by atoms with E-state index >= 15 is 0 Å². The topological polar surface area (TPSA) is 76.7 Å². The van der Waals surface area contributed by atoms with E-state index in [0.717, 1.165) is 22.4 Å². The number of carbonyl (C=O) groups is 2. The van der Waals surface area contributed by atoms with Crippen LogP contribution in [0.5, 0.6) is 11.5 Å². The van der Waals surface area contributed by atoms with E-state index < -0.39 is 0 Å². The predicted molar refractivity (Wildman–Crippen MR) is 116 cm³/mol. The van der Waals surface area contributed by atoms with Crippen molar-refractivity contribution in [1.29, 1.82) is 0 Å². The van der Waals surface area contributed by atoms with E-state index in [4.69, 9.17) is 9.47 Å². The van der Waals surface area contributed by atoms with Gasteiger partial charge in [-0.15, -0.1) is 0 Å². The molecule has 2 aromatic rings. The molecule has 0 saturated heterocycles. The maximum Gasteiger partial charge on any atom is 0.222 e. The molecule has 2 amide bonds. The molecule has 3 rings (SSSR count). The van der Waals surface area contributed by atoms with Crippen molar-refractivity contribution in [1.82, 2.24) is 10.6 Å². The minimum atomic E-state index is -0.379. The van der Waals surface area contributed by atoms with Crippen LogP contribution in [0.25, 0.3) is 0 Å². The Morgan fingerprint density at radius 3 is 2.20 bits per heavy atom. The molecule has 0 saturated carbocycles. The van der Waals surface area contributed by atoms with E-state index in [1.165, 1.54) is 6.92 Å². The number of fused-ring (bicyclic) bond motifs is 1. The monoisotopic (exact) mass is 410 g/mol. The van der Waals surface area contributed by atoms with Gasteiger partial charge in [0.2, 0.25) is 11.8 Å². The molecule has 0 spiro atoms. The molecule has 6 heteroatoms. The van der Waals surface area contributed by atoms with Gasteiger partial charge in [0.25, 0.3) is 0 Å². The van der Waals surface area contributed by atoms with Crippen molar-refractivity contribution in [2.75, 3.05) is 13.2 Å². The van der Waals surface area contributed by atoms with Gasteiger partial charge in [0.15, 0.2) is 11.5 Å². The first-order valence-corrected chi connectivity index (χ1v) is 10.4.